The van der Waals surface area contributed by atoms with E-state index in [0.717, 1.165) is 41.4 Å². The van der Waals surface area contributed by atoms with Crippen LogP contribution >= 0.6 is 11.3 Å². The van der Waals surface area contributed by atoms with Gasteiger partial charge in [-0.05, 0) is 44.7 Å². The molecule has 1 aliphatic heterocycles. The fraction of sp³-hybridized carbons (Fsp3) is 0.429. The van der Waals surface area contributed by atoms with E-state index in [1.54, 1.807) is 10.0 Å². The molecule has 11 heteroatoms. The molecule has 4 aromatic rings. The normalized spacial score (nSPS) is 20.8. The number of carbonyl (C=O) groups is 1. The van der Waals surface area contributed by atoms with Crippen LogP contribution in [-0.4, -0.2) is 52.9 Å². The molecule has 2 aliphatic rings. The highest BCUT2D eigenvalue weighted by Crippen LogP contribution is 2.40. The van der Waals surface area contributed by atoms with Crippen LogP contribution in [0.1, 0.15) is 49.2 Å². The first-order chi connectivity index (χ1) is 15.6. The third kappa shape index (κ3) is 3.32. The lowest BCUT2D eigenvalue weighted by molar-refractivity contribution is -0.122. The van der Waals surface area contributed by atoms with Crippen molar-refractivity contribution in [1.29, 1.82) is 0 Å². The average Bonchev–Trinajstić information content (AvgIpc) is 3.22. The summed E-state index contributed by atoms with van der Waals surface area (Å²) in [5, 5.41) is 24.2. The topological polar surface area (TPSA) is 117 Å². The van der Waals surface area contributed by atoms with Crippen molar-refractivity contribution in [2.45, 2.75) is 50.5 Å². The van der Waals surface area contributed by atoms with Crippen LogP contribution in [0.2, 0.25) is 0 Å². The Morgan fingerprint density at radius 1 is 1.41 bits per heavy atom. The second kappa shape index (κ2) is 7.37. The summed E-state index contributed by atoms with van der Waals surface area (Å²) in [6.45, 7) is 2.70. The van der Waals surface area contributed by atoms with E-state index in [0.29, 0.717) is 17.7 Å². The van der Waals surface area contributed by atoms with Crippen LogP contribution < -0.4 is 10.2 Å². The zero-order valence-electron chi connectivity index (χ0n) is 17.7. The van der Waals surface area contributed by atoms with Crippen molar-refractivity contribution in [3.8, 4) is 0 Å². The van der Waals surface area contributed by atoms with Crippen molar-refractivity contribution in [3.63, 3.8) is 0 Å². The molecule has 2 fully saturated rings. The molecular formula is C21H23N9OS. The molecule has 1 atom stereocenters. The number of anilines is 3. The van der Waals surface area contributed by atoms with Crippen molar-refractivity contribution in [1.82, 2.24) is 35.0 Å². The molecule has 10 nitrogen and oxygen atoms in total. The van der Waals surface area contributed by atoms with E-state index in [-0.39, 0.29) is 12.2 Å². The molecule has 1 saturated carbocycles. The number of nitrogens with one attached hydrogen (secondary N) is 2. The molecular weight excluding hydrogens is 426 g/mol. The quantitative estimate of drug-likeness (QED) is 0.442. The van der Waals surface area contributed by atoms with Crippen LogP contribution in [0, 0.1) is 0 Å². The van der Waals surface area contributed by atoms with Gasteiger partial charge in [0.2, 0.25) is 5.95 Å². The van der Waals surface area contributed by atoms with Crippen LogP contribution in [0.25, 0.3) is 5.52 Å². The van der Waals surface area contributed by atoms with Gasteiger partial charge in [0.1, 0.15) is 16.0 Å². The number of hydrogen-bond acceptors (Lipinski definition) is 9. The third-order valence-corrected chi connectivity index (χ3v) is 7.14. The smallest absolute Gasteiger partial charge is 0.246 e. The largest absolute Gasteiger partial charge is 0.327 e. The second-order valence-corrected chi connectivity index (χ2v) is 9.59. The first-order valence-electron chi connectivity index (χ1n) is 10.8. The number of fused-ring (bicyclic) bond motifs is 1. The van der Waals surface area contributed by atoms with Crippen molar-refractivity contribution in [2.75, 3.05) is 16.8 Å². The minimum atomic E-state index is -0.685. The molecule has 0 unspecified atom stereocenters. The molecule has 0 amide bonds. The van der Waals surface area contributed by atoms with Gasteiger partial charge in [-0.2, -0.15) is 10.1 Å². The van der Waals surface area contributed by atoms with Crippen LogP contribution in [-0.2, 0) is 11.2 Å². The Labute approximate surface area is 188 Å². The van der Waals surface area contributed by atoms with Gasteiger partial charge in [-0.1, -0.05) is 0 Å². The molecule has 5 heterocycles. The predicted octanol–water partition coefficient (Wildman–Crippen LogP) is 3.10. The number of H-pyrrole nitrogens is 1. The summed E-state index contributed by atoms with van der Waals surface area (Å²) in [4.78, 5) is 20.2. The number of hydrogen-bond donors (Lipinski definition) is 2. The number of ketones is 1. The van der Waals surface area contributed by atoms with E-state index < -0.39 is 5.54 Å². The minimum Gasteiger partial charge on any atom is -0.327 e. The number of aromatic amines is 1. The van der Waals surface area contributed by atoms with Crippen molar-refractivity contribution in [2.24, 2.45) is 0 Å². The molecule has 0 radical (unpaired) electrons. The Hall–Kier alpha value is -3.34. The second-order valence-electron chi connectivity index (χ2n) is 8.67. The van der Waals surface area contributed by atoms with Gasteiger partial charge in [0.05, 0.1) is 12.0 Å². The fourth-order valence-corrected chi connectivity index (χ4v) is 4.95. The zero-order chi connectivity index (χ0) is 21.7. The van der Waals surface area contributed by atoms with Gasteiger partial charge in [0.25, 0.3) is 0 Å². The number of carbonyl (C=O) groups excluding carboxylic acids is 1. The van der Waals surface area contributed by atoms with Gasteiger partial charge >= 0.3 is 0 Å². The maximum atomic E-state index is 13.3. The third-order valence-electron chi connectivity index (χ3n) is 6.44. The van der Waals surface area contributed by atoms with Crippen LogP contribution in [0.15, 0.2) is 29.9 Å². The summed E-state index contributed by atoms with van der Waals surface area (Å²) in [6.07, 6.45) is 6.23. The number of rotatable bonds is 7. The van der Waals surface area contributed by atoms with Crippen molar-refractivity contribution < 1.29 is 4.79 Å². The number of nitrogens with zero attached hydrogens (tertiary/aromatic N) is 7. The van der Waals surface area contributed by atoms with E-state index in [1.165, 1.54) is 24.2 Å². The summed E-state index contributed by atoms with van der Waals surface area (Å²) < 4.78 is 1.80. The minimum absolute atomic E-state index is 0.110. The van der Waals surface area contributed by atoms with Crippen LogP contribution in [0.5, 0.6) is 0 Å². The van der Waals surface area contributed by atoms with E-state index >= 15 is 0 Å². The van der Waals surface area contributed by atoms with Gasteiger partial charge in [-0.3, -0.25) is 9.89 Å². The highest BCUT2D eigenvalue weighted by molar-refractivity contribution is 7.09. The molecule has 0 spiro atoms. The molecule has 6 rings (SSSR count). The van der Waals surface area contributed by atoms with Crippen LogP contribution in [0.4, 0.5) is 17.6 Å². The first kappa shape index (κ1) is 19.4. The maximum absolute atomic E-state index is 13.3. The lowest BCUT2D eigenvalue weighted by atomic mass is 9.91. The SMILES string of the molecule is C[C@@]1(C(=O)Cc2nncs2)CCCN1c1nc(Nc2cc(C3CC3)[nH]n2)c2cccn2n1. The average molecular weight is 450 g/mol. The Morgan fingerprint density at radius 3 is 3.12 bits per heavy atom. The van der Waals surface area contributed by atoms with Crippen molar-refractivity contribution in [3.05, 3.63) is 40.6 Å². The Balaban J connectivity index is 1.33. The van der Waals surface area contributed by atoms with Crippen LogP contribution in [0.3, 0.4) is 0 Å². The van der Waals surface area contributed by atoms with Gasteiger partial charge in [-0.15, -0.1) is 26.6 Å². The molecule has 32 heavy (non-hydrogen) atoms. The maximum Gasteiger partial charge on any atom is 0.246 e. The fourth-order valence-electron chi connectivity index (χ4n) is 4.43. The van der Waals surface area contributed by atoms with E-state index in [9.17, 15) is 4.79 Å². The molecule has 0 bridgehead atoms. The molecule has 1 saturated heterocycles. The van der Waals surface area contributed by atoms with Gasteiger partial charge in [0.15, 0.2) is 17.4 Å². The Kier molecular flexibility index (Phi) is 4.46. The molecule has 2 N–H and O–H groups in total. The standard InChI is InChI=1S/C21H23N9OS/c1-21(16(31)11-18-27-22-12-32-18)7-3-8-29(21)20-24-19(15-4-2-9-30(15)28-20)23-17-10-14(25-26-17)13-5-6-13/h2,4,9-10,12-13H,3,5-8,11H2,1H3,(H2,23,24,25,26,28)/t21-/m0/s1. The molecule has 0 aromatic carbocycles. The predicted molar refractivity (Wildman–Crippen MR) is 120 cm³/mol. The van der Waals surface area contributed by atoms with E-state index in [1.807, 2.05) is 36.2 Å². The zero-order valence-corrected chi connectivity index (χ0v) is 18.5. The first-order valence-corrected chi connectivity index (χ1v) is 11.7. The summed E-state index contributed by atoms with van der Waals surface area (Å²) in [6, 6.07) is 5.94. The van der Waals surface area contributed by atoms with Gasteiger partial charge < -0.3 is 10.2 Å². The number of aromatic nitrogens is 7. The van der Waals surface area contributed by atoms with Gasteiger partial charge in [0, 0.05) is 30.4 Å². The molecule has 1 aliphatic carbocycles. The van der Waals surface area contributed by atoms with E-state index in [2.05, 4.69) is 25.7 Å². The summed E-state index contributed by atoms with van der Waals surface area (Å²) in [5.74, 6) is 2.63. The lowest BCUT2D eigenvalue weighted by Gasteiger charge is -2.33. The highest BCUT2D eigenvalue weighted by Gasteiger charge is 2.44. The Bertz CT molecular complexity index is 1280. The monoisotopic (exact) mass is 449 g/mol. The van der Waals surface area contributed by atoms with E-state index in [4.69, 9.17) is 10.1 Å². The summed E-state index contributed by atoms with van der Waals surface area (Å²) in [5.41, 5.74) is 2.98. The highest BCUT2D eigenvalue weighted by atomic mass is 32.1. The van der Waals surface area contributed by atoms with Gasteiger partial charge in [-0.25, -0.2) is 4.52 Å². The molecule has 164 valence electrons. The molecule has 4 aromatic heterocycles. The lowest BCUT2D eigenvalue weighted by Crippen LogP contribution is -2.49. The summed E-state index contributed by atoms with van der Waals surface area (Å²) in [7, 11) is 0. The Morgan fingerprint density at radius 2 is 2.31 bits per heavy atom. The van der Waals surface area contributed by atoms with Crippen molar-refractivity contribution >= 4 is 40.2 Å². The summed E-state index contributed by atoms with van der Waals surface area (Å²) >= 11 is 1.40. The number of Topliss-reactive ketones (excluding diaryl/α,β-unsaturated/α-hetero) is 1.